The molecule has 1 heterocycles. The second-order valence-corrected chi connectivity index (χ2v) is 12.6. The van der Waals surface area contributed by atoms with Gasteiger partial charge in [0.15, 0.2) is 11.5 Å². The lowest BCUT2D eigenvalue weighted by Gasteiger charge is -2.31. The van der Waals surface area contributed by atoms with Crippen molar-refractivity contribution in [3.63, 3.8) is 0 Å². The molecule has 0 fully saturated rings. The third-order valence-corrected chi connectivity index (χ3v) is 8.40. The first-order valence-corrected chi connectivity index (χ1v) is 16.7. The van der Waals surface area contributed by atoms with Crippen LogP contribution in [0.4, 0.5) is 5.69 Å². The van der Waals surface area contributed by atoms with Gasteiger partial charge in [-0.2, -0.15) is 0 Å². The first-order chi connectivity index (χ1) is 20.8. The van der Waals surface area contributed by atoms with Gasteiger partial charge < -0.3 is 14.4 Å². The Hall–Kier alpha value is -2.60. The van der Waals surface area contributed by atoms with Gasteiger partial charge in [-0.25, -0.2) is 0 Å². The number of ether oxygens (including phenoxy) is 2. The molecule has 2 aromatic carbocycles. The molecule has 0 N–H and O–H groups in total. The summed E-state index contributed by atoms with van der Waals surface area (Å²) in [5, 5.41) is 0. The molecule has 3 rings (SSSR count). The fourth-order valence-electron chi connectivity index (χ4n) is 6.10. The van der Waals surface area contributed by atoms with Crippen LogP contribution in [-0.4, -0.2) is 32.4 Å². The van der Waals surface area contributed by atoms with Crippen LogP contribution in [0.2, 0.25) is 0 Å². The highest BCUT2D eigenvalue weighted by Crippen LogP contribution is 2.34. The van der Waals surface area contributed by atoms with Crippen LogP contribution in [0.25, 0.3) is 0 Å². The maximum absolute atomic E-state index is 13.0. The zero-order chi connectivity index (χ0) is 30.9. The molecule has 0 bridgehead atoms. The van der Waals surface area contributed by atoms with E-state index in [-0.39, 0.29) is 28.3 Å². The normalized spacial score (nSPS) is 15.8. The Morgan fingerprint density at radius 3 is 2.16 bits per heavy atom. The number of hydrogen-bond donors (Lipinski definition) is 0. The fraction of sp³-hybridized carbons (Fsp3) is 0.579. The number of para-hydroxylation sites is 1. The Morgan fingerprint density at radius 1 is 0.909 bits per heavy atom. The average molecular weight is 670 g/mol. The van der Waals surface area contributed by atoms with Gasteiger partial charge in [-0.3, -0.25) is 9.79 Å². The predicted molar refractivity (Wildman–Crippen MR) is 192 cm³/mol. The van der Waals surface area contributed by atoms with Crippen molar-refractivity contribution in [1.82, 2.24) is 0 Å². The molecular weight excluding hydrogens is 612 g/mol. The van der Waals surface area contributed by atoms with Gasteiger partial charge in [0.25, 0.3) is 0 Å². The van der Waals surface area contributed by atoms with Crippen LogP contribution in [0, 0.1) is 5.41 Å². The highest BCUT2D eigenvalue weighted by molar-refractivity contribution is 8.93. The summed E-state index contributed by atoms with van der Waals surface area (Å²) < 4.78 is 11.8. The lowest BCUT2D eigenvalue weighted by molar-refractivity contribution is -0.116. The Bertz CT molecular complexity index is 1190. The SMILES string of the molecule is Br.CCCCCCCCCCCCCCOc1cc(CN(C(C)=O)c2ccccc2CC2(C)C=C(C)C=NC2)ccc1OC. The summed E-state index contributed by atoms with van der Waals surface area (Å²) in [5.74, 6) is 1.49. The molecule has 0 radical (unpaired) electrons. The van der Waals surface area contributed by atoms with Crippen molar-refractivity contribution in [1.29, 1.82) is 0 Å². The molecule has 1 atom stereocenters. The Morgan fingerprint density at radius 2 is 1.55 bits per heavy atom. The largest absolute Gasteiger partial charge is 0.493 e. The van der Waals surface area contributed by atoms with E-state index < -0.39 is 0 Å². The molecule has 0 saturated carbocycles. The number of allylic oxidation sites excluding steroid dienone is 1. The molecule has 2 aromatic rings. The number of halogens is 1. The van der Waals surface area contributed by atoms with E-state index in [9.17, 15) is 4.79 Å². The number of amides is 1. The fourth-order valence-corrected chi connectivity index (χ4v) is 6.10. The standard InChI is InChI=1S/C38H56N2O3.BrH/c1-6-7-8-9-10-11-12-13-14-15-16-19-24-43-37-25-33(22-23-36(37)42-5)29-40(32(3)41)35-21-18-17-20-34(35)27-38(4)26-31(2)28-39-30-38;/h17-18,20-23,25-26,28H,6-16,19,24,27,29-30H2,1-5H3;1H. The first kappa shape index (κ1) is 37.6. The number of rotatable bonds is 20. The van der Waals surface area contributed by atoms with Crippen LogP contribution in [-0.2, 0) is 17.8 Å². The molecule has 1 amide bonds. The third-order valence-electron chi connectivity index (χ3n) is 8.40. The minimum Gasteiger partial charge on any atom is -0.493 e. The third kappa shape index (κ3) is 12.8. The lowest BCUT2D eigenvalue weighted by Crippen LogP contribution is -2.30. The van der Waals surface area contributed by atoms with Crippen molar-refractivity contribution in [3.8, 4) is 11.5 Å². The van der Waals surface area contributed by atoms with Crippen molar-refractivity contribution in [2.75, 3.05) is 25.2 Å². The van der Waals surface area contributed by atoms with E-state index in [0.717, 1.165) is 47.7 Å². The van der Waals surface area contributed by atoms with E-state index in [2.05, 4.69) is 50.0 Å². The van der Waals surface area contributed by atoms with Crippen LogP contribution in [0.3, 0.4) is 0 Å². The number of carbonyl (C=O) groups excluding carboxylic acids is 1. The molecule has 244 valence electrons. The molecule has 1 aliphatic rings. The van der Waals surface area contributed by atoms with E-state index in [1.54, 1.807) is 14.0 Å². The van der Waals surface area contributed by atoms with Crippen LogP contribution < -0.4 is 14.4 Å². The maximum Gasteiger partial charge on any atom is 0.224 e. The molecule has 0 aliphatic carbocycles. The smallest absolute Gasteiger partial charge is 0.224 e. The summed E-state index contributed by atoms with van der Waals surface area (Å²) in [7, 11) is 1.68. The topological polar surface area (TPSA) is 51.1 Å². The monoisotopic (exact) mass is 668 g/mol. The van der Waals surface area contributed by atoms with Crippen molar-refractivity contribution in [2.45, 2.75) is 118 Å². The van der Waals surface area contributed by atoms with E-state index in [4.69, 9.17) is 9.47 Å². The Labute approximate surface area is 278 Å². The van der Waals surface area contributed by atoms with Crippen LogP contribution in [0.1, 0.15) is 116 Å². The molecule has 1 aliphatic heterocycles. The van der Waals surface area contributed by atoms with Gasteiger partial charge in [-0.05, 0) is 54.7 Å². The number of nitrogens with zero attached hydrogens (tertiary/aromatic N) is 2. The first-order valence-electron chi connectivity index (χ1n) is 16.7. The van der Waals surface area contributed by atoms with E-state index in [1.807, 2.05) is 35.4 Å². The summed E-state index contributed by atoms with van der Waals surface area (Å²) in [6, 6.07) is 14.3. The average Bonchev–Trinajstić information content (AvgIpc) is 2.98. The van der Waals surface area contributed by atoms with Crippen molar-refractivity contribution in [2.24, 2.45) is 10.4 Å². The maximum atomic E-state index is 13.0. The second-order valence-electron chi connectivity index (χ2n) is 12.6. The summed E-state index contributed by atoms with van der Waals surface area (Å²) in [4.78, 5) is 19.4. The summed E-state index contributed by atoms with van der Waals surface area (Å²) in [6.45, 7) is 10.1. The molecular formula is C38H57BrN2O3. The predicted octanol–water partition coefficient (Wildman–Crippen LogP) is 10.5. The van der Waals surface area contributed by atoms with Gasteiger partial charge in [-0.15, -0.1) is 17.0 Å². The molecule has 5 nitrogen and oxygen atoms in total. The molecule has 0 saturated heterocycles. The van der Waals surface area contributed by atoms with Crippen LogP contribution >= 0.6 is 17.0 Å². The summed E-state index contributed by atoms with van der Waals surface area (Å²) in [6.07, 6.45) is 20.9. The van der Waals surface area contributed by atoms with Crippen LogP contribution in [0.5, 0.6) is 11.5 Å². The lowest BCUT2D eigenvalue weighted by atomic mass is 9.80. The molecule has 0 spiro atoms. The van der Waals surface area contributed by atoms with E-state index >= 15 is 0 Å². The van der Waals surface area contributed by atoms with Gasteiger partial charge in [0.1, 0.15) is 0 Å². The van der Waals surface area contributed by atoms with E-state index in [0.29, 0.717) is 13.2 Å². The Balaban J connectivity index is 0.00000675. The molecule has 6 heteroatoms. The number of hydrogen-bond acceptors (Lipinski definition) is 4. The van der Waals surface area contributed by atoms with E-state index in [1.165, 1.54) is 76.2 Å². The quantitative estimate of drug-likeness (QED) is 0.132. The second kappa shape index (κ2) is 20.4. The Kier molecular flexibility index (Phi) is 17.5. The highest BCUT2D eigenvalue weighted by atomic mass is 79.9. The van der Waals surface area contributed by atoms with Crippen molar-refractivity contribution in [3.05, 3.63) is 65.2 Å². The number of carbonyl (C=O) groups is 1. The van der Waals surface area contributed by atoms with Crippen LogP contribution in [0.15, 0.2) is 59.1 Å². The zero-order valence-electron chi connectivity index (χ0n) is 28.0. The van der Waals surface area contributed by atoms with Crippen molar-refractivity contribution < 1.29 is 14.3 Å². The van der Waals surface area contributed by atoms with Gasteiger partial charge >= 0.3 is 0 Å². The minimum atomic E-state index is -0.0770. The number of aliphatic imine (C=N–C) groups is 1. The number of dihydropyridines is 1. The minimum absolute atomic E-state index is 0. The number of methoxy groups -OCH3 is 1. The van der Waals surface area contributed by atoms with Gasteiger partial charge in [0.2, 0.25) is 5.91 Å². The summed E-state index contributed by atoms with van der Waals surface area (Å²) >= 11 is 0. The summed E-state index contributed by atoms with van der Waals surface area (Å²) in [5.41, 5.74) is 4.22. The highest BCUT2D eigenvalue weighted by Gasteiger charge is 2.27. The number of benzene rings is 2. The van der Waals surface area contributed by atoms with Crippen molar-refractivity contribution >= 4 is 34.8 Å². The molecule has 44 heavy (non-hydrogen) atoms. The van der Waals surface area contributed by atoms with Gasteiger partial charge in [-0.1, -0.05) is 115 Å². The molecule has 0 aromatic heterocycles. The zero-order valence-corrected chi connectivity index (χ0v) is 29.8. The molecule has 1 unspecified atom stereocenters. The van der Waals surface area contributed by atoms with Gasteiger partial charge in [0.05, 0.1) is 20.3 Å². The van der Waals surface area contributed by atoms with Gasteiger partial charge in [0, 0.05) is 30.8 Å². The number of anilines is 1. The number of unbranched alkanes of at least 4 members (excludes halogenated alkanes) is 11.